The van der Waals surface area contributed by atoms with E-state index >= 15 is 0 Å². The third kappa shape index (κ3) is 4.64. The predicted molar refractivity (Wildman–Crippen MR) is 102 cm³/mol. The van der Waals surface area contributed by atoms with Gasteiger partial charge in [-0.3, -0.25) is 19.8 Å². The highest BCUT2D eigenvalue weighted by molar-refractivity contribution is 5.79. The van der Waals surface area contributed by atoms with E-state index in [0.29, 0.717) is 38.3 Å². The third-order valence-electron chi connectivity index (χ3n) is 4.87. The number of hydrogen-bond acceptors (Lipinski definition) is 5. The Morgan fingerprint density at radius 2 is 1.89 bits per heavy atom. The van der Waals surface area contributed by atoms with Gasteiger partial charge in [0.25, 0.3) is 0 Å². The van der Waals surface area contributed by atoms with Gasteiger partial charge in [-0.15, -0.1) is 0 Å². The van der Waals surface area contributed by atoms with E-state index < -0.39 is 4.92 Å². The molecule has 1 saturated heterocycles. The van der Waals surface area contributed by atoms with Gasteiger partial charge < -0.3 is 9.64 Å². The van der Waals surface area contributed by atoms with E-state index in [0.717, 1.165) is 5.56 Å². The minimum Gasteiger partial charge on any atom is -0.490 e. The Kier molecular flexibility index (Phi) is 6.20. The van der Waals surface area contributed by atoms with E-state index in [-0.39, 0.29) is 29.6 Å². The fraction of sp³-hybridized carbons (Fsp3) is 0.350. The number of nitro benzene ring substituents is 1. The number of halogens is 1. The Labute approximate surface area is 162 Å². The van der Waals surface area contributed by atoms with Crippen molar-refractivity contribution in [3.05, 3.63) is 69.5 Å². The number of ether oxygens (including phenoxy) is 1. The van der Waals surface area contributed by atoms with Crippen LogP contribution < -0.4 is 4.74 Å². The molecule has 2 aromatic carbocycles. The monoisotopic (exact) mass is 387 g/mol. The van der Waals surface area contributed by atoms with Crippen molar-refractivity contribution in [2.24, 2.45) is 0 Å². The zero-order valence-corrected chi connectivity index (χ0v) is 15.6. The lowest BCUT2D eigenvalue weighted by molar-refractivity contribution is -0.385. The summed E-state index contributed by atoms with van der Waals surface area (Å²) >= 11 is 0. The Hall–Kier alpha value is -3.00. The molecule has 1 heterocycles. The molecule has 0 radical (unpaired) electrons. The second-order valence-corrected chi connectivity index (χ2v) is 6.69. The maximum absolute atomic E-state index is 13.7. The molecule has 0 bridgehead atoms. The number of carbonyl (C=O) groups excluding carboxylic acids is 1. The molecule has 1 aliphatic heterocycles. The molecule has 0 unspecified atom stereocenters. The quantitative estimate of drug-likeness (QED) is 0.563. The van der Waals surface area contributed by atoms with Gasteiger partial charge in [0.15, 0.2) is 5.75 Å². The molecule has 0 atom stereocenters. The molecular formula is C20H22FN3O4. The molecule has 0 aromatic heterocycles. The number of rotatable bonds is 6. The molecule has 2 aromatic rings. The van der Waals surface area contributed by atoms with Crippen molar-refractivity contribution in [1.29, 1.82) is 0 Å². The SMILES string of the molecule is COc1ccc(CN2CCN(C(=O)Cc3ccccc3F)CC2)cc1[N+](=O)[O-]. The smallest absolute Gasteiger partial charge is 0.311 e. The molecule has 7 nitrogen and oxygen atoms in total. The predicted octanol–water partition coefficient (Wildman–Crippen LogP) is 2.63. The fourth-order valence-corrected chi connectivity index (χ4v) is 3.31. The van der Waals surface area contributed by atoms with E-state index in [1.165, 1.54) is 19.2 Å². The minimum absolute atomic E-state index is 0.0529. The first-order valence-corrected chi connectivity index (χ1v) is 9.03. The van der Waals surface area contributed by atoms with Crippen LogP contribution in [0.3, 0.4) is 0 Å². The van der Waals surface area contributed by atoms with Gasteiger partial charge >= 0.3 is 5.69 Å². The van der Waals surface area contributed by atoms with Crippen LogP contribution in [0.25, 0.3) is 0 Å². The Bertz CT molecular complexity index is 866. The van der Waals surface area contributed by atoms with Gasteiger partial charge in [-0.2, -0.15) is 0 Å². The van der Waals surface area contributed by atoms with Crippen molar-refractivity contribution < 1.29 is 18.8 Å². The van der Waals surface area contributed by atoms with Crippen molar-refractivity contribution in [3.63, 3.8) is 0 Å². The van der Waals surface area contributed by atoms with E-state index in [9.17, 15) is 19.3 Å². The van der Waals surface area contributed by atoms with E-state index in [4.69, 9.17) is 4.74 Å². The molecule has 1 fully saturated rings. The second-order valence-electron chi connectivity index (χ2n) is 6.69. The average Bonchev–Trinajstić information content (AvgIpc) is 2.70. The zero-order chi connectivity index (χ0) is 20.1. The normalized spacial score (nSPS) is 14.7. The third-order valence-corrected chi connectivity index (χ3v) is 4.87. The van der Waals surface area contributed by atoms with Crippen LogP contribution in [0.2, 0.25) is 0 Å². The van der Waals surface area contributed by atoms with Crippen LogP contribution in [0.5, 0.6) is 5.75 Å². The van der Waals surface area contributed by atoms with Crippen LogP contribution in [-0.4, -0.2) is 53.9 Å². The lowest BCUT2D eigenvalue weighted by Crippen LogP contribution is -2.48. The average molecular weight is 387 g/mol. The summed E-state index contributed by atoms with van der Waals surface area (Å²) in [6.07, 6.45) is 0.0529. The molecule has 0 saturated carbocycles. The molecule has 0 spiro atoms. The number of hydrogen-bond donors (Lipinski definition) is 0. The molecule has 1 amide bonds. The van der Waals surface area contributed by atoms with Gasteiger partial charge in [-0.05, 0) is 23.3 Å². The summed E-state index contributed by atoms with van der Waals surface area (Å²) in [7, 11) is 1.40. The summed E-state index contributed by atoms with van der Waals surface area (Å²) in [6.45, 7) is 2.96. The van der Waals surface area contributed by atoms with Crippen molar-refractivity contribution in [2.75, 3.05) is 33.3 Å². The van der Waals surface area contributed by atoms with Gasteiger partial charge in [-0.25, -0.2) is 4.39 Å². The fourth-order valence-electron chi connectivity index (χ4n) is 3.31. The summed E-state index contributed by atoms with van der Waals surface area (Å²) < 4.78 is 18.8. The summed E-state index contributed by atoms with van der Waals surface area (Å²) in [5.41, 5.74) is 1.16. The van der Waals surface area contributed by atoms with E-state index in [1.807, 2.05) is 6.07 Å². The van der Waals surface area contributed by atoms with Crippen LogP contribution in [0.15, 0.2) is 42.5 Å². The van der Waals surface area contributed by atoms with Gasteiger partial charge in [0.2, 0.25) is 5.91 Å². The van der Waals surface area contributed by atoms with Gasteiger partial charge in [0, 0.05) is 38.8 Å². The van der Waals surface area contributed by atoms with Crippen LogP contribution in [0, 0.1) is 15.9 Å². The van der Waals surface area contributed by atoms with E-state index in [2.05, 4.69) is 4.90 Å². The molecular weight excluding hydrogens is 365 g/mol. The summed E-state index contributed by atoms with van der Waals surface area (Å²) in [5.74, 6) is -0.224. The molecule has 1 aliphatic rings. The molecule has 3 rings (SSSR count). The van der Waals surface area contributed by atoms with Gasteiger partial charge in [0.05, 0.1) is 18.5 Å². The summed E-state index contributed by atoms with van der Waals surface area (Å²) in [4.78, 5) is 27.0. The lowest BCUT2D eigenvalue weighted by atomic mass is 10.1. The molecule has 148 valence electrons. The number of carbonyl (C=O) groups is 1. The topological polar surface area (TPSA) is 75.9 Å². The molecule has 28 heavy (non-hydrogen) atoms. The van der Waals surface area contributed by atoms with Crippen LogP contribution >= 0.6 is 0 Å². The Balaban J connectivity index is 1.55. The maximum atomic E-state index is 13.7. The Morgan fingerprint density at radius 1 is 1.18 bits per heavy atom. The minimum atomic E-state index is -0.457. The van der Waals surface area contributed by atoms with Crippen LogP contribution in [-0.2, 0) is 17.8 Å². The summed E-state index contributed by atoms with van der Waals surface area (Å²) in [5, 5.41) is 11.2. The maximum Gasteiger partial charge on any atom is 0.311 e. The highest BCUT2D eigenvalue weighted by Crippen LogP contribution is 2.28. The summed E-state index contributed by atoms with van der Waals surface area (Å²) in [6, 6.07) is 11.2. The van der Waals surface area contributed by atoms with Crippen LogP contribution in [0.4, 0.5) is 10.1 Å². The largest absolute Gasteiger partial charge is 0.490 e. The number of nitro groups is 1. The molecule has 0 aliphatic carbocycles. The van der Waals surface area contributed by atoms with Gasteiger partial charge in [-0.1, -0.05) is 24.3 Å². The first kappa shape index (κ1) is 19.8. The standard InChI is InChI=1S/C20H22FN3O4/c1-28-19-7-6-15(12-18(19)24(26)27)14-22-8-10-23(11-9-22)20(25)13-16-4-2-3-5-17(16)21/h2-7,12H,8-11,13-14H2,1H3. The van der Waals surface area contributed by atoms with Crippen molar-refractivity contribution in [1.82, 2.24) is 9.80 Å². The lowest BCUT2D eigenvalue weighted by Gasteiger charge is -2.34. The second kappa shape index (κ2) is 8.79. The number of piperazine rings is 1. The Morgan fingerprint density at radius 3 is 2.54 bits per heavy atom. The van der Waals surface area contributed by atoms with Crippen LogP contribution in [0.1, 0.15) is 11.1 Å². The number of benzene rings is 2. The molecule has 0 N–H and O–H groups in total. The van der Waals surface area contributed by atoms with Gasteiger partial charge in [0.1, 0.15) is 5.82 Å². The number of nitrogens with zero attached hydrogens (tertiary/aromatic N) is 3. The molecule has 8 heteroatoms. The number of methoxy groups -OCH3 is 1. The van der Waals surface area contributed by atoms with Crippen molar-refractivity contribution in [3.8, 4) is 5.75 Å². The van der Waals surface area contributed by atoms with E-state index in [1.54, 1.807) is 29.2 Å². The van der Waals surface area contributed by atoms with Crippen molar-refractivity contribution in [2.45, 2.75) is 13.0 Å². The highest BCUT2D eigenvalue weighted by atomic mass is 19.1. The first-order chi connectivity index (χ1) is 13.5. The highest BCUT2D eigenvalue weighted by Gasteiger charge is 2.23. The van der Waals surface area contributed by atoms with Crippen molar-refractivity contribution >= 4 is 11.6 Å². The number of amides is 1. The first-order valence-electron chi connectivity index (χ1n) is 9.03. The zero-order valence-electron chi connectivity index (χ0n) is 15.6.